The molecular formula is C74H135N11O30. The third kappa shape index (κ3) is 48.2. The molecule has 11 amide bonds. The lowest BCUT2D eigenvalue weighted by atomic mass is 9.97. The predicted octanol–water partition coefficient (Wildman–Crippen LogP) is -5.55. The second kappa shape index (κ2) is 63.5. The first-order valence-electron chi connectivity index (χ1n) is 40.0. The Bertz CT molecular complexity index is 2650. The van der Waals surface area contributed by atoms with E-state index in [-0.39, 0.29) is 180 Å². The van der Waals surface area contributed by atoms with Crippen LogP contribution in [-0.4, -0.2) is 348 Å². The van der Waals surface area contributed by atoms with Gasteiger partial charge in [0.1, 0.15) is 66.4 Å². The third-order valence-electron chi connectivity index (χ3n) is 18.0. The molecule has 2 fully saturated rings. The van der Waals surface area contributed by atoms with Crippen LogP contribution < -0.4 is 58.5 Å². The van der Waals surface area contributed by atoms with Crippen molar-refractivity contribution in [3.05, 3.63) is 0 Å². The number of aliphatic hydroxyl groups is 9. The summed E-state index contributed by atoms with van der Waals surface area (Å²) in [5.74, 6) is -4.19. The quantitative estimate of drug-likeness (QED) is 0.0199. The molecule has 2 aliphatic heterocycles. The average molecular weight is 1660 g/mol. The molecule has 0 aromatic heterocycles. The summed E-state index contributed by atoms with van der Waals surface area (Å²) in [6.45, 7) is 3.98. The molecule has 0 aliphatic carbocycles. The van der Waals surface area contributed by atoms with E-state index in [1.807, 2.05) is 0 Å². The Hall–Kier alpha value is -6.59. The summed E-state index contributed by atoms with van der Waals surface area (Å²) in [6, 6.07) is -3.20. The van der Waals surface area contributed by atoms with Crippen LogP contribution in [0.5, 0.6) is 0 Å². The smallest absolute Gasteiger partial charge is 0.222 e. The summed E-state index contributed by atoms with van der Waals surface area (Å²) in [4.78, 5) is 139. The first-order chi connectivity index (χ1) is 55.1. The van der Waals surface area contributed by atoms with Crippen molar-refractivity contribution in [2.75, 3.05) is 145 Å². The van der Waals surface area contributed by atoms with Crippen molar-refractivity contribution in [3.8, 4) is 0 Å². The maximum Gasteiger partial charge on any atom is 0.222 e. The Morgan fingerprint density at radius 1 is 0.400 bits per heavy atom. The predicted molar refractivity (Wildman–Crippen MR) is 409 cm³/mol. The lowest BCUT2D eigenvalue weighted by Crippen LogP contribution is -2.64. The van der Waals surface area contributed by atoms with Crippen molar-refractivity contribution < 1.29 is 146 Å². The minimum atomic E-state index is -1.50. The van der Waals surface area contributed by atoms with Crippen molar-refractivity contribution >= 4 is 65.0 Å². The molecule has 115 heavy (non-hydrogen) atoms. The van der Waals surface area contributed by atoms with Crippen LogP contribution in [0.25, 0.3) is 0 Å². The van der Waals surface area contributed by atoms with Gasteiger partial charge in [0, 0.05) is 151 Å². The van der Waals surface area contributed by atoms with Crippen LogP contribution in [0.3, 0.4) is 0 Å². The zero-order valence-electron chi connectivity index (χ0n) is 67.6. The van der Waals surface area contributed by atoms with Gasteiger partial charge in [0.2, 0.25) is 65.0 Å². The van der Waals surface area contributed by atoms with E-state index in [9.17, 15) is 98.7 Å². The molecule has 0 saturated carbocycles. The summed E-state index contributed by atoms with van der Waals surface area (Å²) < 4.78 is 57.2. The van der Waals surface area contributed by atoms with E-state index in [0.29, 0.717) is 70.9 Å². The standard InChI is InChI=1S/C74H135N11O30/c1-49(90)54(43-87)113-71(53(42-86)82-50(2)91)110-36-13-8-20-57(94)76-29-17-32-79-61(98)25-39-107-46-74(85-64(101)24-16-23-60(97)75-28-11-6-7-12-35-106-5,47-108-40-26-62(99)80-33-18-30-77-58(95)21-9-14-37-111-72-65(83-51(3)92)69(104)67(102)55(44-88)114-72)48-109-41-27-63(100)81-34-19-31-78-59(96)22-10-15-38-112-73-66(84-52(4)93)70(105)68(103)56(45-89)115-73/h49,53-56,65-73,86-90,102-105H,6-48H2,1-5H3,(H,75,97)(H,76,94)(H,77,95)(H,78,96)(H,79,98)(H,80,99)(H,81,100)(H,82,91)(H,83,92)(H,84,93)(H,85,101)/t49-,53+,54?,55?,56?,65+,66+,67?,68?,69?,70?,71?,72?,73?,74?/m1/s1. The van der Waals surface area contributed by atoms with Gasteiger partial charge in [-0.2, -0.15) is 0 Å². The second-order valence-corrected chi connectivity index (χ2v) is 28.3. The molecule has 666 valence electrons. The summed E-state index contributed by atoms with van der Waals surface area (Å²) in [5.41, 5.74) is -1.50. The highest BCUT2D eigenvalue weighted by molar-refractivity contribution is 5.80. The van der Waals surface area contributed by atoms with Crippen molar-refractivity contribution in [1.29, 1.82) is 0 Å². The number of hydrogen-bond donors (Lipinski definition) is 20. The molecule has 14 atom stereocenters. The zero-order chi connectivity index (χ0) is 85.2. The first-order valence-corrected chi connectivity index (χ1v) is 40.0. The van der Waals surface area contributed by atoms with Gasteiger partial charge in [0.05, 0.1) is 72.2 Å². The lowest BCUT2D eigenvalue weighted by molar-refractivity contribution is -0.270. The van der Waals surface area contributed by atoms with E-state index < -0.39 is 159 Å². The highest BCUT2D eigenvalue weighted by Gasteiger charge is 2.47. The summed E-state index contributed by atoms with van der Waals surface area (Å²) in [6.07, 6.45) is -6.79. The highest BCUT2D eigenvalue weighted by atomic mass is 16.7. The topological polar surface area (TPSA) is 594 Å². The molecule has 2 heterocycles. The van der Waals surface area contributed by atoms with Crippen LogP contribution in [0.1, 0.15) is 169 Å². The SMILES string of the molecule is COCCCCCCNC(=O)CCCC(=O)NC(COCCC(=O)NCCCNC(=O)CCCCOC1OC(CO)C(O)C(O)[C@@H]1NC(C)=O)(COCCC(=O)NCCCNC(=O)CCCCOC1OC(CO)C(O)C(O)[C@@H]1NC(C)=O)COCCC(=O)NCCCNC(=O)CCCCOC(OC(CO)[C@@H](C)O)[C@H](CO)NC(C)=O. The normalized spacial score (nSPS) is 20.9. The van der Waals surface area contributed by atoms with E-state index in [4.69, 9.17) is 47.4 Å². The number of aliphatic hydroxyl groups excluding tert-OH is 9. The number of ether oxygens (including phenoxy) is 10. The number of rotatable bonds is 68. The molecule has 0 aromatic carbocycles. The number of methoxy groups -OCH3 is 1. The Labute approximate surface area is 672 Å². The number of amides is 11. The van der Waals surface area contributed by atoms with E-state index >= 15 is 0 Å². The molecule has 0 aromatic rings. The van der Waals surface area contributed by atoms with Crippen LogP contribution in [0.15, 0.2) is 0 Å². The molecule has 41 nitrogen and oxygen atoms in total. The van der Waals surface area contributed by atoms with Crippen LogP contribution in [0.2, 0.25) is 0 Å². The molecular weight excluding hydrogens is 1520 g/mol. The van der Waals surface area contributed by atoms with Crippen LogP contribution in [0.4, 0.5) is 0 Å². The summed E-state index contributed by atoms with van der Waals surface area (Å²) in [5, 5.41) is 120. The van der Waals surface area contributed by atoms with Gasteiger partial charge in [-0.1, -0.05) is 12.8 Å². The van der Waals surface area contributed by atoms with Gasteiger partial charge in [-0.25, -0.2) is 0 Å². The number of nitrogens with one attached hydrogen (secondary N) is 11. The average Bonchev–Trinajstić information content (AvgIpc) is 0.812. The molecule has 2 aliphatic rings. The molecule has 10 unspecified atom stereocenters. The van der Waals surface area contributed by atoms with E-state index in [1.54, 1.807) is 7.11 Å². The third-order valence-corrected chi connectivity index (χ3v) is 18.0. The molecule has 20 N–H and O–H groups in total. The van der Waals surface area contributed by atoms with Gasteiger partial charge in [0.25, 0.3) is 0 Å². The monoisotopic (exact) mass is 1660 g/mol. The van der Waals surface area contributed by atoms with Crippen LogP contribution in [-0.2, 0) is 100 Å². The zero-order valence-corrected chi connectivity index (χ0v) is 67.6. The minimum Gasteiger partial charge on any atom is -0.394 e. The number of carbonyl (C=O) groups excluding carboxylic acids is 11. The molecule has 0 spiro atoms. The lowest BCUT2D eigenvalue weighted by Gasteiger charge is -2.42. The highest BCUT2D eigenvalue weighted by Crippen LogP contribution is 2.25. The summed E-state index contributed by atoms with van der Waals surface area (Å²) in [7, 11) is 1.64. The van der Waals surface area contributed by atoms with Crippen molar-refractivity contribution in [1.82, 2.24) is 58.5 Å². The van der Waals surface area contributed by atoms with Gasteiger partial charge in [-0.05, 0) is 84.0 Å². The Balaban J connectivity index is 2.06. The van der Waals surface area contributed by atoms with Gasteiger partial charge in [0.15, 0.2) is 18.9 Å². The Morgan fingerprint density at radius 2 is 0.757 bits per heavy atom. The van der Waals surface area contributed by atoms with Crippen molar-refractivity contribution in [3.63, 3.8) is 0 Å². The fourth-order valence-corrected chi connectivity index (χ4v) is 11.7. The number of hydrogen-bond acceptors (Lipinski definition) is 30. The maximum atomic E-state index is 13.9. The van der Waals surface area contributed by atoms with Crippen molar-refractivity contribution in [2.24, 2.45) is 0 Å². The maximum absolute atomic E-state index is 13.9. The van der Waals surface area contributed by atoms with Crippen LogP contribution >= 0.6 is 0 Å². The second-order valence-electron chi connectivity index (χ2n) is 28.3. The number of unbranched alkanes of at least 4 members (excludes halogenated alkanes) is 6. The largest absolute Gasteiger partial charge is 0.394 e. The molecule has 2 rings (SSSR count). The van der Waals surface area contributed by atoms with Crippen LogP contribution in [0, 0.1) is 0 Å². The van der Waals surface area contributed by atoms with Gasteiger partial charge in [-0.15, -0.1) is 0 Å². The van der Waals surface area contributed by atoms with Gasteiger partial charge in [-0.3, -0.25) is 52.7 Å². The fourth-order valence-electron chi connectivity index (χ4n) is 11.7. The molecule has 41 heteroatoms. The molecule has 0 radical (unpaired) electrons. The molecule has 0 bridgehead atoms. The van der Waals surface area contributed by atoms with E-state index in [0.717, 1.165) is 25.7 Å². The Morgan fingerprint density at radius 3 is 1.11 bits per heavy atom. The van der Waals surface area contributed by atoms with Gasteiger partial charge < -0.3 is 152 Å². The molecule has 2 saturated heterocycles. The van der Waals surface area contributed by atoms with Crippen molar-refractivity contribution in [2.45, 2.75) is 260 Å². The first kappa shape index (κ1) is 104. The number of carbonyl (C=O) groups is 11. The Kier molecular flexibility index (Phi) is 57.7. The van der Waals surface area contributed by atoms with E-state index in [2.05, 4.69) is 58.5 Å². The fraction of sp³-hybridized carbons (Fsp3) is 0.851. The van der Waals surface area contributed by atoms with Gasteiger partial charge >= 0.3 is 0 Å². The summed E-state index contributed by atoms with van der Waals surface area (Å²) >= 11 is 0. The van der Waals surface area contributed by atoms with E-state index in [1.165, 1.54) is 27.7 Å². The minimum absolute atomic E-state index is 0.0440.